The van der Waals surface area contributed by atoms with E-state index in [0.717, 1.165) is 16.7 Å². The van der Waals surface area contributed by atoms with E-state index in [-0.39, 0.29) is 25.7 Å². The van der Waals surface area contributed by atoms with Crippen molar-refractivity contribution in [2.45, 2.75) is 36.8 Å². The molecule has 170 valence electrons. The van der Waals surface area contributed by atoms with Gasteiger partial charge in [-0.1, -0.05) is 97.1 Å². The summed E-state index contributed by atoms with van der Waals surface area (Å²) >= 11 is 0. The smallest absolute Gasteiger partial charge is 0.330 e. The first kappa shape index (κ1) is 24.0. The van der Waals surface area contributed by atoms with E-state index in [2.05, 4.69) is 11.9 Å². The standard InChI is InChI=1S/C28H30N2O3/c1-2-18-28(26(32)33,21-24-16-10-5-11-17-24)30-25(31)27(29,19-22-12-6-3-7-13-22)20-23-14-8-4-9-15-23/h2-17H,1,18-21,29H2,(H,30,31)(H,32,33)/t28-/m1/s1. The van der Waals surface area contributed by atoms with Crippen LogP contribution >= 0.6 is 0 Å². The number of carbonyl (C=O) groups excluding carboxylic acids is 1. The molecule has 0 saturated carbocycles. The van der Waals surface area contributed by atoms with Crippen molar-refractivity contribution >= 4 is 11.9 Å². The van der Waals surface area contributed by atoms with Crippen LogP contribution in [0.3, 0.4) is 0 Å². The Labute approximate surface area is 195 Å². The third-order valence-corrected chi connectivity index (χ3v) is 5.78. The second-order valence-electron chi connectivity index (χ2n) is 8.48. The molecule has 1 amide bonds. The molecule has 0 aliphatic carbocycles. The molecule has 0 spiro atoms. The number of amides is 1. The number of aliphatic carboxylic acids is 1. The van der Waals surface area contributed by atoms with Gasteiger partial charge in [-0.25, -0.2) is 4.79 Å². The minimum Gasteiger partial charge on any atom is -0.479 e. The van der Waals surface area contributed by atoms with E-state index in [1.54, 1.807) is 0 Å². The van der Waals surface area contributed by atoms with Crippen molar-refractivity contribution in [3.05, 3.63) is 120 Å². The van der Waals surface area contributed by atoms with E-state index in [1.165, 1.54) is 6.08 Å². The maximum atomic E-state index is 13.7. The van der Waals surface area contributed by atoms with Gasteiger partial charge in [0, 0.05) is 6.42 Å². The van der Waals surface area contributed by atoms with Gasteiger partial charge in [0.2, 0.25) is 5.91 Å². The van der Waals surface area contributed by atoms with Gasteiger partial charge < -0.3 is 16.2 Å². The number of rotatable bonds is 11. The highest BCUT2D eigenvalue weighted by atomic mass is 16.4. The highest BCUT2D eigenvalue weighted by Crippen LogP contribution is 2.23. The Morgan fingerprint density at radius 1 is 0.788 bits per heavy atom. The van der Waals surface area contributed by atoms with E-state index in [0.29, 0.717) is 0 Å². The lowest BCUT2D eigenvalue weighted by Gasteiger charge is -2.36. The van der Waals surface area contributed by atoms with E-state index in [1.807, 2.05) is 91.0 Å². The molecular formula is C28H30N2O3. The van der Waals surface area contributed by atoms with Crippen LogP contribution < -0.4 is 11.1 Å². The van der Waals surface area contributed by atoms with Crippen LogP contribution in [0, 0.1) is 0 Å². The van der Waals surface area contributed by atoms with Gasteiger partial charge in [-0.3, -0.25) is 4.79 Å². The molecule has 0 saturated heterocycles. The van der Waals surface area contributed by atoms with E-state index >= 15 is 0 Å². The molecule has 0 radical (unpaired) electrons. The van der Waals surface area contributed by atoms with Crippen LogP contribution in [-0.2, 0) is 28.9 Å². The average Bonchev–Trinajstić information content (AvgIpc) is 2.81. The molecule has 0 bridgehead atoms. The Hall–Kier alpha value is -3.70. The van der Waals surface area contributed by atoms with Gasteiger partial charge in [-0.15, -0.1) is 6.58 Å². The fraction of sp³-hybridized carbons (Fsp3) is 0.214. The lowest BCUT2D eigenvalue weighted by atomic mass is 9.81. The number of hydrogen-bond acceptors (Lipinski definition) is 3. The highest BCUT2D eigenvalue weighted by molar-refractivity contribution is 5.93. The normalized spacial score (nSPS) is 13.0. The molecule has 4 N–H and O–H groups in total. The first-order valence-electron chi connectivity index (χ1n) is 10.9. The Morgan fingerprint density at radius 2 is 1.18 bits per heavy atom. The van der Waals surface area contributed by atoms with E-state index < -0.39 is 23.0 Å². The van der Waals surface area contributed by atoms with Crippen LogP contribution in [0.15, 0.2) is 104 Å². The quantitative estimate of drug-likeness (QED) is 0.392. The van der Waals surface area contributed by atoms with E-state index in [9.17, 15) is 14.7 Å². The summed E-state index contributed by atoms with van der Waals surface area (Å²) in [5.74, 6) is -1.63. The predicted molar refractivity (Wildman–Crippen MR) is 131 cm³/mol. The van der Waals surface area contributed by atoms with Gasteiger partial charge in [-0.2, -0.15) is 0 Å². The van der Waals surface area contributed by atoms with Crippen molar-refractivity contribution < 1.29 is 14.7 Å². The number of hydrogen-bond donors (Lipinski definition) is 3. The van der Waals surface area contributed by atoms with Gasteiger partial charge in [0.25, 0.3) is 0 Å². The molecule has 3 aromatic rings. The predicted octanol–water partition coefficient (Wildman–Crippen LogP) is 3.93. The summed E-state index contributed by atoms with van der Waals surface area (Å²) in [5, 5.41) is 13.0. The van der Waals surface area contributed by atoms with Gasteiger partial charge in [0.15, 0.2) is 0 Å². The molecule has 0 fully saturated rings. The van der Waals surface area contributed by atoms with Gasteiger partial charge in [0.05, 0.1) is 0 Å². The molecule has 0 unspecified atom stereocenters. The number of carboxylic acid groups (broad SMARTS) is 1. The molecule has 1 atom stereocenters. The lowest BCUT2D eigenvalue weighted by molar-refractivity contribution is -0.148. The summed E-state index contributed by atoms with van der Waals surface area (Å²) in [6.07, 6.45) is 2.24. The molecule has 0 aliphatic heterocycles. The third-order valence-electron chi connectivity index (χ3n) is 5.78. The first-order valence-corrected chi connectivity index (χ1v) is 10.9. The van der Waals surface area contributed by atoms with Gasteiger partial charge in [0.1, 0.15) is 11.1 Å². The summed E-state index contributed by atoms with van der Waals surface area (Å²) < 4.78 is 0. The zero-order chi connectivity index (χ0) is 23.7. The monoisotopic (exact) mass is 442 g/mol. The Bertz CT molecular complexity index is 1030. The van der Waals surface area contributed by atoms with Crippen LogP contribution in [0.25, 0.3) is 0 Å². The van der Waals surface area contributed by atoms with E-state index in [4.69, 9.17) is 5.73 Å². The minimum absolute atomic E-state index is 0.0652. The molecule has 33 heavy (non-hydrogen) atoms. The Kier molecular flexibility index (Phi) is 7.80. The van der Waals surface area contributed by atoms with Gasteiger partial charge in [-0.05, 0) is 36.0 Å². The molecule has 0 aromatic heterocycles. The summed E-state index contributed by atoms with van der Waals surface area (Å²) in [5.41, 5.74) is 6.47. The van der Waals surface area contributed by atoms with Crippen LogP contribution in [0.4, 0.5) is 0 Å². The summed E-state index contributed by atoms with van der Waals surface area (Å²) in [6, 6.07) is 28.3. The summed E-state index contributed by atoms with van der Waals surface area (Å²) in [6.45, 7) is 3.73. The largest absolute Gasteiger partial charge is 0.479 e. The highest BCUT2D eigenvalue weighted by Gasteiger charge is 2.44. The SMILES string of the molecule is C=CC[C@](Cc1ccccc1)(NC(=O)C(N)(Cc1ccccc1)Cc1ccccc1)C(=O)O. The van der Waals surface area contributed by atoms with Crippen molar-refractivity contribution in [1.82, 2.24) is 5.32 Å². The summed E-state index contributed by atoms with van der Waals surface area (Å²) in [4.78, 5) is 26.2. The molecule has 3 rings (SSSR count). The number of benzene rings is 3. The van der Waals surface area contributed by atoms with Crippen LogP contribution in [-0.4, -0.2) is 28.1 Å². The maximum absolute atomic E-state index is 13.7. The molecule has 5 heteroatoms. The molecule has 3 aromatic carbocycles. The van der Waals surface area contributed by atoms with Gasteiger partial charge >= 0.3 is 5.97 Å². The summed E-state index contributed by atoms with van der Waals surface area (Å²) in [7, 11) is 0. The maximum Gasteiger partial charge on any atom is 0.330 e. The first-order chi connectivity index (χ1) is 15.9. The Balaban J connectivity index is 1.96. The topological polar surface area (TPSA) is 92.4 Å². The fourth-order valence-corrected chi connectivity index (χ4v) is 4.06. The van der Waals surface area contributed by atoms with Crippen molar-refractivity contribution in [2.75, 3.05) is 0 Å². The van der Waals surface area contributed by atoms with Crippen LogP contribution in [0.1, 0.15) is 23.1 Å². The fourth-order valence-electron chi connectivity index (χ4n) is 4.06. The molecule has 5 nitrogen and oxygen atoms in total. The number of nitrogens with one attached hydrogen (secondary N) is 1. The zero-order valence-electron chi connectivity index (χ0n) is 18.6. The number of carboxylic acids is 1. The number of carbonyl (C=O) groups is 2. The third kappa shape index (κ3) is 6.18. The second kappa shape index (κ2) is 10.7. The molecule has 0 aliphatic rings. The van der Waals surface area contributed by atoms with Crippen LogP contribution in [0.2, 0.25) is 0 Å². The lowest BCUT2D eigenvalue weighted by Crippen LogP contribution is -2.65. The molecular weight excluding hydrogens is 412 g/mol. The van der Waals surface area contributed by atoms with Crippen LogP contribution in [0.5, 0.6) is 0 Å². The Morgan fingerprint density at radius 3 is 1.55 bits per heavy atom. The van der Waals surface area contributed by atoms with Crippen molar-refractivity contribution in [2.24, 2.45) is 5.73 Å². The zero-order valence-corrected chi connectivity index (χ0v) is 18.6. The number of nitrogens with two attached hydrogens (primary N) is 1. The van der Waals surface area contributed by atoms with Crippen molar-refractivity contribution in [3.63, 3.8) is 0 Å². The average molecular weight is 443 g/mol. The minimum atomic E-state index is -1.56. The molecule has 0 heterocycles. The van der Waals surface area contributed by atoms with Crippen molar-refractivity contribution in [1.29, 1.82) is 0 Å². The second-order valence-corrected chi connectivity index (χ2v) is 8.48. The van der Waals surface area contributed by atoms with Crippen molar-refractivity contribution in [3.8, 4) is 0 Å².